The molecular weight excluding hydrogens is 482 g/mol. The van der Waals surface area contributed by atoms with Gasteiger partial charge in [0.2, 0.25) is 0 Å². The van der Waals surface area contributed by atoms with E-state index in [0.29, 0.717) is 49.9 Å². The van der Waals surface area contributed by atoms with Gasteiger partial charge in [-0.2, -0.15) is 0 Å². The second-order valence-electron chi connectivity index (χ2n) is 11.6. The van der Waals surface area contributed by atoms with Gasteiger partial charge in [-0.25, -0.2) is 0 Å². The number of rotatable bonds is 26. The summed E-state index contributed by atoms with van der Waals surface area (Å²) >= 11 is 0. The fourth-order valence-corrected chi connectivity index (χ4v) is 4.72. The van der Waals surface area contributed by atoms with Crippen LogP contribution in [-0.2, 0) is 14.4 Å². The Labute approximate surface area is 232 Å². The van der Waals surface area contributed by atoms with Crippen LogP contribution in [-0.4, -0.2) is 63.9 Å². The molecule has 38 heavy (non-hydrogen) atoms. The number of carboxylic acids is 3. The second kappa shape index (κ2) is 22.0. The molecule has 0 heterocycles. The Kier molecular flexibility index (Phi) is 20.9. The Balaban J connectivity index is 4.88. The fourth-order valence-electron chi connectivity index (χ4n) is 4.72. The normalized spacial score (nSPS) is 15.7. The predicted octanol–water partition coefficient (Wildman–Crippen LogP) is 7.39. The summed E-state index contributed by atoms with van der Waals surface area (Å²) in [5.74, 6) is -4.02. The van der Waals surface area contributed by atoms with E-state index in [1.807, 2.05) is 0 Å². The molecule has 3 atom stereocenters. The van der Waals surface area contributed by atoms with Crippen molar-refractivity contribution >= 4 is 17.9 Å². The van der Waals surface area contributed by atoms with Gasteiger partial charge >= 0.3 is 17.9 Å². The number of quaternary nitrogens is 1. The molecule has 7 nitrogen and oxygen atoms in total. The molecule has 3 unspecified atom stereocenters. The first-order chi connectivity index (χ1) is 18.0. The van der Waals surface area contributed by atoms with Crippen LogP contribution in [0.15, 0.2) is 12.2 Å². The average molecular weight is 541 g/mol. The van der Waals surface area contributed by atoms with Gasteiger partial charge in [0.15, 0.2) is 0 Å². The van der Waals surface area contributed by atoms with Crippen LogP contribution in [0.5, 0.6) is 0 Å². The van der Waals surface area contributed by atoms with E-state index in [1.54, 1.807) is 20.8 Å². The van der Waals surface area contributed by atoms with Crippen molar-refractivity contribution in [3.05, 3.63) is 12.2 Å². The smallest absolute Gasteiger partial charge is 0.306 e. The number of allylic oxidation sites excluding steroid dienone is 1. The molecule has 0 fully saturated rings. The number of unbranched alkanes of at least 4 members (excludes halogenated alkanes) is 11. The van der Waals surface area contributed by atoms with Crippen LogP contribution in [0.3, 0.4) is 0 Å². The van der Waals surface area contributed by atoms with E-state index < -0.39 is 35.7 Å². The van der Waals surface area contributed by atoms with Gasteiger partial charge in [0.1, 0.15) is 0 Å². The van der Waals surface area contributed by atoms with E-state index in [-0.39, 0.29) is 0 Å². The number of nitrogens with zero attached hydrogens (tertiary/aromatic N) is 1. The lowest BCUT2D eigenvalue weighted by molar-refractivity contribution is -0.924. The minimum atomic E-state index is -0.840. The van der Waals surface area contributed by atoms with Crippen molar-refractivity contribution in [1.29, 1.82) is 0 Å². The number of aliphatic carboxylic acids is 3. The van der Waals surface area contributed by atoms with E-state index in [2.05, 4.69) is 19.1 Å². The zero-order valence-corrected chi connectivity index (χ0v) is 24.8. The SMILES string of the molecule is CCCCCCCCCCCCC/C=C/C[N+](CCC(C)C(=O)O)(CCC(C)C(=O)O)CCC(C)C(=O)O. The van der Waals surface area contributed by atoms with E-state index in [1.165, 1.54) is 64.2 Å². The van der Waals surface area contributed by atoms with Gasteiger partial charge in [-0.05, 0) is 18.9 Å². The standard InChI is InChI=1S/C31H57NO6/c1-5-6-7-8-9-10-11-12-13-14-15-16-17-18-22-32(23-19-26(2)29(33)34,24-20-27(3)30(35)36)25-21-28(4)31(37)38/h17-18,26-28H,5-16,19-25H2,1-4H3,(H2-,33,34,35,36,37,38)/p+1/b18-17+. The fraction of sp³-hybridized carbons (Fsp3) is 0.839. The number of carboxylic acid groups (broad SMARTS) is 3. The number of hydrogen-bond acceptors (Lipinski definition) is 3. The zero-order valence-electron chi connectivity index (χ0n) is 24.8. The van der Waals surface area contributed by atoms with Crippen molar-refractivity contribution in [3.63, 3.8) is 0 Å². The largest absolute Gasteiger partial charge is 0.481 e. The molecule has 0 saturated heterocycles. The summed E-state index contributed by atoms with van der Waals surface area (Å²) in [4.78, 5) is 34.3. The van der Waals surface area contributed by atoms with Gasteiger partial charge < -0.3 is 19.8 Å². The minimum Gasteiger partial charge on any atom is -0.481 e. The van der Waals surface area contributed by atoms with Crippen LogP contribution in [0.2, 0.25) is 0 Å². The number of carbonyl (C=O) groups is 3. The lowest BCUT2D eigenvalue weighted by Crippen LogP contribution is -2.52. The zero-order chi connectivity index (χ0) is 28.8. The summed E-state index contributed by atoms with van der Waals surface area (Å²) in [6.45, 7) is 9.78. The molecule has 0 aromatic rings. The van der Waals surface area contributed by atoms with E-state index in [9.17, 15) is 29.7 Å². The molecule has 0 spiro atoms. The van der Waals surface area contributed by atoms with Crippen LogP contribution < -0.4 is 0 Å². The Morgan fingerprint density at radius 3 is 1.26 bits per heavy atom. The molecule has 0 bridgehead atoms. The van der Waals surface area contributed by atoms with Crippen LogP contribution >= 0.6 is 0 Å². The van der Waals surface area contributed by atoms with Crippen molar-refractivity contribution in [3.8, 4) is 0 Å². The molecule has 0 radical (unpaired) electrons. The third kappa shape index (κ3) is 18.4. The molecule has 0 amide bonds. The maximum atomic E-state index is 11.4. The van der Waals surface area contributed by atoms with Crippen molar-refractivity contribution in [2.45, 2.75) is 124 Å². The van der Waals surface area contributed by atoms with Gasteiger partial charge in [0.25, 0.3) is 0 Å². The minimum absolute atomic E-state index is 0.477. The molecule has 3 N–H and O–H groups in total. The molecule has 0 aliphatic carbocycles. The van der Waals surface area contributed by atoms with E-state index in [4.69, 9.17) is 0 Å². The van der Waals surface area contributed by atoms with Crippen LogP contribution in [0, 0.1) is 17.8 Å². The van der Waals surface area contributed by atoms with Gasteiger partial charge in [0, 0.05) is 19.3 Å². The van der Waals surface area contributed by atoms with Gasteiger partial charge in [-0.3, -0.25) is 14.4 Å². The van der Waals surface area contributed by atoms with Gasteiger partial charge in [-0.1, -0.05) is 98.0 Å². The maximum Gasteiger partial charge on any atom is 0.306 e. The highest BCUT2D eigenvalue weighted by atomic mass is 16.4. The Morgan fingerprint density at radius 2 is 0.921 bits per heavy atom. The monoisotopic (exact) mass is 540 g/mol. The molecule has 222 valence electrons. The summed E-state index contributed by atoms with van der Waals surface area (Å²) in [6.07, 6.45) is 21.2. The average Bonchev–Trinajstić information content (AvgIpc) is 2.88. The summed E-state index contributed by atoms with van der Waals surface area (Å²) in [6, 6.07) is 0. The lowest BCUT2D eigenvalue weighted by atomic mass is 10.0. The molecule has 0 aromatic carbocycles. The first-order valence-corrected chi connectivity index (χ1v) is 15.2. The summed E-state index contributed by atoms with van der Waals surface area (Å²) in [5.41, 5.74) is 0. The lowest BCUT2D eigenvalue weighted by Gasteiger charge is -2.39. The molecule has 0 rings (SSSR count). The highest BCUT2D eigenvalue weighted by molar-refractivity contribution is 5.70. The summed E-state index contributed by atoms with van der Waals surface area (Å²) in [7, 11) is 0. The second-order valence-corrected chi connectivity index (χ2v) is 11.6. The Bertz CT molecular complexity index is 617. The highest BCUT2D eigenvalue weighted by Crippen LogP contribution is 2.20. The first-order valence-electron chi connectivity index (χ1n) is 15.2. The third-order valence-electron chi connectivity index (χ3n) is 8.01. The van der Waals surface area contributed by atoms with Crippen molar-refractivity contribution in [2.24, 2.45) is 17.8 Å². The van der Waals surface area contributed by atoms with Crippen LogP contribution in [0.4, 0.5) is 0 Å². The Hall–Kier alpha value is -1.89. The van der Waals surface area contributed by atoms with Crippen molar-refractivity contribution in [1.82, 2.24) is 0 Å². The van der Waals surface area contributed by atoms with E-state index >= 15 is 0 Å². The number of hydrogen-bond donors (Lipinski definition) is 3. The van der Waals surface area contributed by atoms with Crippen molar-refractivity contribution < 1.29 is 34.2 Å². The third-order valence-corrected chi connectivity index (χ3v) is 8.01. The quantitative estimate of drug-likeness (QED) is 0.0599. The van der Waals surface area contributed by atoms with Gasteiger partial charge in [0.05, 0.1) is 43.9 Å². The van der Waals surface area contributed by atoms with E-state index in [0.717, 1.165) is 12.8 Å². The molecular formula is C31H58NO6+. The molecule has 0 saturated carbocycles. The maximum absolute atomic E-state index is 11.4. The van der Waals surface area contributed by atoms with Crippen LogP contribution in [0.1, 0.15) is 124 Å². The summed E-state index contributed by atoms with van der Waals surface area (Å²) in [5, 5.41) is 28.2. The van der Waals surface area contributed by atoms with Crippen LogP contribution in [0.25, 0.3) is 0 Å². The topological polar surface area (TPSA) is 112 Å². The van der Waals surface area contributed by atoms with Gasteiger partial charge in [-0.15, -0.1) is 0 Å². The van der Waals surface area contributed by atoms with Crippen molar-refractivity contribution in [2.75, 3.05) is 26.2 Å². The summed E-state index contributed by atoms with van der Waals surface area (Å²) < 4.78 is 0.529. The Morgan fingerprint density at radius 1 is 0.579 bits per heavy atom. The molecule has 0 aliphatic heterocycles. The molecule has 0 aromatic heterocycles. The predicted molar refractivity (Wildman–Crippen MR) is 154 cm³/mol. The highest BCUT2D eigenvalue weighted by Gasteiger charge is 2.31. The first kappa shape index (κ1) is 36.1. The molecule has 0 aliphatic rings. The molecule has 7 heteroatoms.